The second kappa shape index (κ2) is 4.58. The van der Waals surface area contributed by atoms with Crippen molar-refractivity contribution >= 4 is 21.7 Å². The van der Waals surface area contributed by atoms with Crippen LogP contribution in [0.25, 0.3) is 0 Å². The Hall–Kier alpha value is -1.48. The van der Waals surface area contributed by atoms with Gasteiger partial charge >= 0.3 is 0 Å². The molecule has 0 amide bonds. The Balaban J connectivity index is 2.46. The smallest absolute Gasteiger partial charge is 0.194 e. The number of hydrogen-bond donors (Lipinski definition) is 0. The van der Waals surface area contributed by atoms with Crippen molar-refractivity contribution in [2.45, 2.75) is 0 Å². The van der Waals surface area contributed by atoms with E-state index in [0.29, 0.717) is 11.1 Å². The molecule has 2 aromatic rings. The van der Waals surface area contributed by atoms with Crippen molar-refractivity contribution in [2.24, 2.45) is 0 Å². The van der Waals surface area contributed by atoms with Crippen LogP contribution in [0.15, 0.2) is 53.0 Å². The monoisotopic (exact) mass is 278 g/mol. The van der Waals surface area contributed by atoms with Crippen molar-refractivity contribution in [1.82, 2.24) is 0 Å². The minimum Gasteiger partial charge on any atom is -0.289 e. The van der Waals surface area contributed by atoms with Gasteiger partial charge in [0.25, 0.3) is 0 Å². The Morgan fingerprint density at radius 1 is 1.00 bits per heavy atom. The van der Waals surface area contributed by atoms with Crippen LogP contribution < -0.4 is 0 Å². The number of halogens is 2. The van der Waals surface area contributed by atoms with Gasteiger partial charge in [0.1, 0.15) is 5.82 Å². The molecule has 0 aliphatic heterocycles. The number of carbonyl (C=O) groups is 1. The highest BCUT2D eigenvalue weighted by atomic mass is 79.9. The maximum Gasteiger partial charge on any atom is 0.194 e. The number of hydrogen-bond acceptors (Lipinski definition) is 1. The first-order valence-electron chi connectivity index (χ1n) is 4.74. The van der Waals surface area contributed by atoms with Crippen LogP contribution in [-0.4, -0.2) is 5.78 Å². The zero-order chi connectivity index (χ0) is 11.5. The van der Waals surface area contributed by atoms with E-state index in [1.165, 1.54) is 12.1 Å². The maximum absolute atomic E-state index is 13.3. The third kappa shape index (κ3) is 2.04. The molecule has 1 nitrogen and oxygen atoms in total. The molecule has 2 aromatic carbocycles. The van der Waals surface area contributed by atoms with Crippen LogP contribution in [0.2, 0.25) is 0 Å². The van der Waals surface area contributed by atoms with Gasteiger partial charge in [0.2, 0.25) is 0 Å². The largest absolute Gasteiger partial charge is 0.289 e. The van der Waals surface area contributed by atoms with Crippen molar-refractivity contribution < 1.29 is 9.18 Å². The molecule has 0 aliphatic rings. The number of ketones is 1. The second-order valence-electron chi connectivity index (χ2n) is 3.30. The first-order chi connectivity index (χ1) is 7.70. The molecule has 0 spiro atoms. The second-order valence-corrected chi connectivity index (χ2v) is 4.09. The minimum atomic E-state index is -0.429. The topological polar surface area (TPSA) is 17.1 Å². The molecule has 0 aromatic heterocycles. The molecule has 3 heteroatoms. The Bertz CT molecular complexity index is 523. The van der Waals surface area contributed by atoms with Gasteiger partial charge in [-0.2, -0.15) is 0 Å². The average molecular weight is 279 g/mol. The highest BCUT2D eigenvalue weighted by Crippen LogP contribution is 2.22. The van der Waals surface area contributed by atoms with Crippen molar-refractivity contribution in [3.63, 3.8) is 0 Å². The highest BCUT2D eigenvalue weighted by Gasteiger charge is 2.14. The van der Waals surface area contributed by atoms with Crippen LogP contribution in [-0.2, 0) is 0 Å². The Kier molecular flexibility index (Phi) is 3.15. The highest BCUT2D eigenvalue weighted by molar-refractivity contribution is 9.10. The van der Waals surface area contributed by atoms with Crippen LogP contribution >= 0.6 is 15.9 Å². The molecule has 0 N–H and O–H groups in total. The third-order valence-electron chi connectivity index (χ3n) is 2.23. The lowest BCUT2D eigenvalue weighted by atomic mass is 10.0. The van der Waals surface area contributed by atoms with E-state index in [1.54, 1.807) is 30.3 Å². The third-order valence-corrected chi connectivity index (χ3v) is 3.04. The summed E-state index contributed by atoms with van der Waals surface area (Å²) >= 11 is 3.08. The van der Waals surface area contributed by atoms with E-state index in [2.05, 4.69) is 15.9 Å². The van der Waals surface area contributed by atoms with Crippen LogP contribution in [0, 0.1) is 5.82 Å². The summed E-state index contributed by atoms with van der Waals surface area (Å²) in [7, 11) is 0. The molecule has 0 heterocycles. The van der Waals surface area contributed by atoms with Crippen LogP contribution in [0.3, 0.4) is 0 Å². The normalized spacial score (nSPS) is 10.1. The van der Waals surface area contributed by atoms with Crippen molar-refractivity contribution in [2.75, 3.05) is 0 Å². The summed E-state index contributed by atoms with van der Waals surface area (Å²) in [5.41, 5.74) is 0.889. The van der Waals surface area contributed by atoms with Gasteiger partial charge in [-0.3, -0.25) is 4.79 Å². The number of benzene rings is 2. The standard InChI is InChI=1S/C13H8BrFO/c14-12-10(7-4-8-11(12)15)13(16)9-5-2-1-3-6-9/h1-8H. The molecule has 0 saturated carbocycles. The Morgan fingerprint density at radius 2 is 1.69 bits per heavy atom. The average Bonchev–Trinajstić information content (AvgIpc) is 2.33. The SMILES string of the molecule is O=C(c1ccccc1)c1cccc(F)c1Br. The molecule has 16 heavy (non-hydrogen) atoms. The molecule has 2 rings (SSSR count). The molecule has 0 bridgehead atoms. The van der Waals surface area contributed by atoms with Crippen molar-refractivity contribution in [3.8, 4) is 0 Å². The van der Waals surface area contributed by atoms with Crippen molar-refractivity contribution in [3.05, 3.63) is 69.9 Å². The Labute approximate surface area is 101 Å². The fourth-order valence-corrected chi connectivity index (χ4v) is 1.87. The molecule has 0 radical (unpaired) electrons. The minimum absolute atomic E-state index is 0.188. The predicted octanol–water partition coefficient (Wildman–Crippen LogP) is 3.82. The zero-order valence-electron chi connectivity index (χ0n) is 8.28. The van der Waals surface area contributed by atoms with Gasteiger partial charge in [0.05, 0.1) is 4.47 Å². The van der Waals surface area contributed by atoms with E-state index in [4.69, 9.17) is 0 Å². The van der Waals surface area contributed by atoms with Gasteiger partial charge in [-0.15, -0.1) is 0 Å². The number of rotatable bonds is 2. The molecule has 0 atom stereocenters. The fourth-order valence-electron chi connectivity index (χ4n) is 1.42. The van der Waals surface area contributed by atoms with Crippen LogP contribution in [0.5, 0.6) is 0 Å². The summed E-state index contributed by atoms with van der Waals surface area (Å²) < 4.78 is 13.5. The van der Waals surface area contributed by atoms with Gasteiger partial charge in [-0.1, -0.05) is 36.4 Å². The lowest BCUT2D eigenvalue weighted by Crippen LogP contribution is -2.02. The summed E-state index contributed by atoms with van der Waals surface area (Å²) in [6.45, 7) is 0. The van der Waals surface area contributed by atoms with E-state index in [9.17, 15) is 9.18 Å². The molecular formula is C13H8BrFO. The molecule has 80 valence electrons. The van der Waals surface area contributed by atoms with Gasteiger partial charge in [-0.05, 0) is 28.1 Å². The van der Waals surface area contributed by atoms with E-state index in [1.807, 2.05) is 6.07 Å². The van der Waals surface area contributed by atoms with E-state index >= 15 is 0 Å². The number of carbonyl (C=O) groups excluding carboxylic acids is 1. The van der Waals surface area contributed by atoms with Crippen LogP contribution in [0.1, 0.15) is 15.9 Å². The summed E-state index contributed by atoms with van der Waals surface area (Å²) in [6, 6.07) is 13.2. The van der Waals surface area contributed by atoms with Crippen molar-refractivity contribution in [1.29, 1.82) is 0 Å². The molecule has 0 saturated heterocycles. The molecule has 0 fully saturated rings. The van der Waals surface area contributed by atoms with Crippen LogP contribution in [0.4, 0.5) is 4.39 Å². The predicted molar refractivity (Wildman–Crippen MR) is 64.0 cm³/mol. The first-order valence-corrected chi connectivity index (χ1v) is 5.53. The van der Waals surface area contributed by atoms with E-state index in [-0.39, 0.29) is 10.3 Å². The van der Waals surface area contributed by atoms with Gasteiger partial charge < -0.3 is 0 Å². The lowest BCUT2D eigenvalue weighted by molar-refractivity contribution is 0.103. The zero-order valence-corrected chi connectivity index (χ0v) is 9.87. The molecule has 0 unspecified atom stereocenters. The van der Waals surface area contributed by atoms with Gasteiger partial charge in [-0.25, -0.2) is 4.39 Å². The quantitative estimate of drug-likeness (QED) is 0.764. The van der Waals surface area contributed by atoms with Gasteiger partial charge in [0, 0.05) is 11.1 Å². The molecular weight excluding hydrogens is 271 g/mol. The summed E-state index contributed by atoms with van der Waals surface area (Å²) in [6.07, 6.45) is 0. The fraction of sp³-hybridized carbons (Fsp3) is 0. The molecule has 0 aliphatic carbocycles. The summed E-state index contributed by atoms with van der Waals surface area (Å²) in [5.74, 6) is -0.617. The van der Waals surface area contributed by atoms with Gasteiger partial charge in [0.15, 0.2) is 5.78 Å². The first kappa shape index (κ1) is 11.0. The lowest BCUT2D eigenvalue weighted by Gasteiger charge is -2.04. The van der Waals surface area contributed by atoms with E-state index < -0.39 is 5.82 Å². The summed E-state index contributed by atoms with van der Waals surface area (Å²) in [4.78, 5) is 12.0. The Morgan fingerprint density at radius 3 is 2.38 bits per heavy atom. The summed E-state index contributed by atoms with van der Waals surface area (Å²) in [5, 5.41) is 0. The maximum atomic E-state index is 13.3. The van der Waals surface area contributed by atoms with E-state index in [0.717, 1.165) is 0 Å².